The Morgan fingerprint density at radius 3 is 2.62 bits per heavy atom. The number of nitrogens with zero attached hydrogens (tertiary/aromatic N) is 1. The molecule has 1 unspecified atom stereocenters. The predicted octanol–water partition coefficient (Wildman–Crippen LogP) is 1.93. The molecule has 1 aliphatic rings. The van der Waals surface area contributed by atoms with Gasteiger partial charge in [-0.3, -0.25) is 4.79 Å². The highest BCUT2D eigenvalue weighted by Gasteiger charge is 2.26. The van der Waals surface area contributed by atoms with E-state index < -0.39 is 0 Å². The van der Waals surface area contributed by atoms with Crippen molar-refractivity contribution in [2.24, 2.45) is 11.7 Å². The second-order valence-corrected chi connectivity index (χ2v) is 4.60. The van der Waals surface area contributed by atoms with Crippen LogP contribution in [0.2, 0.25) is 0 Å². The average Bonchev–Trinajstić information content (AvgIpc) is 2.65. The molecule has 16 heavy (non-hydrogen) atoms. The molecule has 1 atom stereocenters. The smallest absolute Gasteiger partial charge is 0.223 e. The highest BCUT2D eigenvalue weighted by molar-refractivity contribution is 5.78. The van der Waals surface area contributed by atoms with Crippen molar-refractivity contribution in [3.63, 3.8) is 0 Å². The predicted molar refractivity (Wildman–Crippen MR) is 67.0 cm³/mol. The quantitative estimate of drug-likeness (QED) is 0.506. The Bertz CT molecular complexity index is 228. The van der Waals surface area contributed by atoms with Crippen molar-refractivity contribution in [2.45, 2.75) is 38.5 Å². The van der Waals surface area contributed by atoms with Crippen molar-refractivity contribution in [3.05, 3.63) is 12.7 Å². The maximum Gasteiger partial charge on any atom is 0.223 e. The lowest BCUT2D eigenvalue weighted by Gasteiger charge is -2.15. The summed E-state index contributed by atoms with van der Waals surface area (Å²) < 4.78 is 0. The van der Waals surface area contributed by atoms with Crippen molar-refractivity contribution in [3.8, 4) is 0 Å². The van der Waals surface area contributed by atoms with Crippen LogP contribution >= 0.6 is 0 Å². The standard InChI is InChI=1S/C13H24N2O/c1-2-12-10-13(16)15(11-12)9-7-5-3-4-6-8-14/h2,12H,1,3-11,14H2. The molecule has 0 bridgehead atoms. The monoisotopic (exact) mass is 224 g/mol. The molecular formula is C13H24N2O. The molecule has 3 heteroatoms. The van der Waals surface area contributed by atoms with Crippen LogP contribution < -0.4 is 5.73 Å². The minimum atomic E-state index is 0.298. The molecule has 0 radical (unpaired) electrons. The van der Waals surface area contributed by atoms with Gasteiger partial charge >= 0.3 is 0 Å². The van der Waals surface area contributed by atoms with Gasteiger partial charge in [0.1, 0.15) is 0 Å². The largest absolute Gasteiger partial charge is 0.342 e. The summed E-state index contributed by atoms with van der Waals surface area (Å²) in [5, 5.41) is 0. The summed E-state index contributed by atoms with van der Waals surface area (Å²) in [5.41, 5.74) is 5.43. The topological polar surface area (TPSA) is 46.3 Å². The fourth-order valence-electron chi connectivity index (χ4n) is 2.15. The number of amides is 1. The Morgan fingerprint density at radius 1 is 1.31 bits per heavy atom. The van der Waals surface area contributed by atoms with Crippen LogP contribution in [0.5, 0.6) is 0 Å². The minimum absolute atomic E-state index is 0.298. The van der Waals surface area contributed by atoms with Gasteiger partial charge in [-0.25, -0.2) is 0 Å². The molecule has 2 N–H and O–H groups in total. The minimum Gasteiger partial charge on any atom is -0.342 e. The van der Waals surface area contributed by atoms with Crippen LogP contribution in [-0.4, -0.2) is 30.4 Å². The zero-order chi connectivity index (χ0) is 11.8. The molecule has 0 saturated carbocycles. The summed E-state index contributed by atoms with van der Waals surface area (Å²) in [6, 6.07) is 0. The van der Waals surface area contributed by atoms with Crippen molar-refractivity contribution < 1.29 is 4.79 Å². The van der Waals surface area contributed by atoms with E-state index in [9.17, 15) is 4.79 Å². The number of hydrogen-bond acceptors (Lipinski definition) is 2. The van der Waals surface area contributed by atoms with Crippen molar-refractivity contribution in [1.82, 2.24) is 4.90 Å². The Balaban J connectivity index is 2.05. The van der Waals surface area contributed by atoms with Crippen LogP contribution in [-0.2, 0) is 4.79 Å². The molecule has 1 fully saturated rings. The van der Waals surface area contributed by atoms with E-state index in [1.165, 1.54) is 19.3 Å². The first-order chi connectivity index (χ1) is 7.77. The van der Waals surface area contributed by atoms with Crippen LogP contribution in [0.1, 0.15) is 38.5 Å². The third kappa shape index (κ3) is 4.35. The molecule has 0 aromatic rings. The van der Waals surface area contributed by atoms with Crippen molar-refractivity contribution in [1.29, 1.82) is 0 Å². The maximum atomic E-state index is 11.6. The number of carbonyl (C=O) groups is 1. The summed E-state index contributed by atoms with van der Waals surface area (Å²) in [6.45, 7) is 6.35. The number of unbranched alkanes of at least 4 members (excludes halogenated alkanes) is 4. The van der Waals surface area contributed by atoms with E-state index in [0.29, 0.717) is 18.2 Å². The van der Waals surface area contributed by atoms with Gasteiger partial charge in [-0.2, -0.15) is 0 Å². The molecule has 0 aromatic heterocycles. The number of carbonyl (C=O) groups excluding carboxylic acids is 1. The number of likely N-dealkylation sites (tertiary alicyclic amines) is 1. The average molecular weight is 224 g/mol. The summed E-state index contributed by atoms with van der Waals surface area (Å²) in [7, 11) is 0. The Morgan fingerprint density at radius 2 is 2.00 bits per heavy atom. The zero-order valence-corrected chi connectivity index (χ0v) is 10.2. The lowest BCUT2D eigenvalue weighted by molar-refractivity contribution is -0.127. The fraction of sp³-hybridized carbons (Fsp3) is 0.769. The van der Waals surface area contributed by atoms with Crippen molar-refractivity contribution >= 4 is 5.91 Å². The third-order valence-corrected chi connectivity index (χ3v) is 3.21. The molecule has 0 spiro atoms. The third-order valence-electron chi connectivity index (χ3n) is 3.21. The van der Waals surface area contributed by atoms with E-state index in [1.54, 1.807) is 0 Å². The lowest BCUT2D eigenvalue weighted by Crippen LogP contribution is -2.26. The summed E-state index contributed by atoms with van der Waals surface area (Å²) >= 11 is 0. The molecule has 0 aromatic carbocycles. The van der Waals surface area contributed by atoms with Crippen LogP contribution in [0.25, 0.3) is 0 Å². The number of nitrogens with two attached hydrogens (primary N) is 1. The second-order valence-electron chi connectivity index (χ2n) is 4.60. The molecule has 3 nitrogen and oxygen atoms in total. The molecule has 1 aliphatic heterocycles. The van der Waals surface area contributed by atoms with Crippen molar-refractivity contribution in [2.75, 3.05) is 19.6 Å². The van der Waals surface area contributed by atoms with E-state index in [-0.39, 0.29) is 0 Å². The Kier molecular flexibility index (Phi) is 6.16. The highest BCUT2D eigenvalue weighted by Crippen LogP contribution is 2.19. The molecule has 1 rings (SSSR count). The van der Waals surface area contributed by atoms with E-state index in [0.717, 1.165) is 32.5 Å². The van der Waals surface area contributed by atoms with Gasteiger partial charge in [-0.05, 0) is 19.4 Å². The zero-order valence-electron chi connectivity index (χ0n) is 10.2. The van der Waals surface area contributed by atoms with Gasteiger partial charge in [0.25, 0.3) is 0 Å². The first-order valence-corrected chi connectivity index (χ1v) is 6.38. The number of rotatable bonds is 8. The molecule has 0 aliphatic carbocycles. The molecule has 1 amide bonds. The maximum absolute atomic E-state index is 11.6. The first kappa shape index (κ1) is 13.2. The van der Waals surface area contributed by atoms with Crippen LogP contribution in [0, 0.1) is 5.92 Å². The summed E-state index contributed by atoms with van der Waals surface area (Å²) in [5.74, 6) is 0.677. The van der Waals surface area contributed by atoms with E-state index in [1.807, 2.05) is 11.0 Å². The van der Waals surface area contributed by atoms with Crippen LogP contribution in [0.3, 0.4) is 0 Å². The Hall–Kier alpha value is -0.830. The van der Waals surface area contributed by atoms with E-state index in [4.69, 9.17) is 5.73 Å². The SMILES string of the molecule is C=CC1CC(=O)N(CCCCCCCN)C1. The summed E-state index contributed by atoms with van der Waals surface area (Å²) in [6.07, 6.45) is 8.49. The van der Waals surface area contributed by atoms with E-state index >= 15 is 0 Å². The van der Waals surface area contributed by atoms with Gasteiger partial charge < -0.3 is 10.6 Å². The molecule has 1 saturated heterocycles. The number of hydrogen-bond donors (Lipinski definition) is 1. The van der Waals surface area contributed by atoms with Gasteiger partial charge in [0.15, 0.2) is 0 Å². The second kappa shape index (κ2) is 7.44. The first-order valence-electron chi connectivity index (χ1n) is 6.38. The van der Waals surface area contributed by atoms with E-state index in [2.05, 4.69) is 6.58 Å². The van der Waals surface area contributed by atoms with Crippen LogP contribution in [0.4, 0.5) is 0 Å². The molecule has 92 valence electrons. The van der Waals surface area contributed by atoms with Gasteiger partial charge in [0.2, 0.25) is 5.91 Å². The van der Waals surface area contributed by atoms with Gasteiger partial charge in [0.05, 0.1) is 0 Å². The molecule has 1 heterocycles. The fourth-order valence-corrected chi connectivity index (χ4v) is 2.15. The van der Waals surface area contributed by atoms with Gasteiger partial charge in [-0.1, -0.05) is 25.3 Å². The highest BCUT2D eigenvalue weighted by atomic mass is 16.2. The van der Waals surface area contributed by atoms with Gasteiger partial charge in [-0.15, -0.1) is 6.58 Å². The normalized spacial score (nSPS) is 20.4. The lowest BCUT2D eigenvalue weighted by atomic mass is 10.1. The Labute approximate surface area is 98.7 Å². The van der Waals surface area contributed by atoms with Gasteiger partial charge in [0, 0.05) is 25.4 Å². The molecular weight excluding hydrogens is 200 g/mol. The van der Waals surface area contributed by atoms with Crippen LogP contribution in [0.15, 0.2) is 12.7 Å². The summed E-state index contributed by atoms with van der Waals surface area (Å²) in [4.78, 5) is 13.6.